The molecule has 0 amide bonds. The highest BCUT2D eigenvalue weighted by Gasteiger charge is 2.31. The van der Waals surface area contributed by atoms with Crippen LogP contribution < -0.4 is 4.74 Å². The van der Waals surface area contributed by atoms with Crippen molar-refractivity contribution in [2.45, 2.75) is 24.7 Å². The van der Waals surface area contributed by atoms with Crippen molar-refractivity contribution in [1.29, 1.82) is 0 Å². The number of ether oxygens (including phenoxy) is 2. The minimum Gasteiger partial charge on any atom is -0.473 e. The highest BCUT2D eigenvalue weighted by Crippen LogP contribution is 2.32. The van der Waals surface area contributed by atoms with Crippen molar-refractivity contribution in [2.24, 2.45) is 0 Å². The smallest absolute Gasteiger partial charge is 0.193 e. The number of hydrogen-bond donors (Lipinski definition) is 3. The zero-order valence-electron chi connectivity index (χ0n) is 17.2. The number of nitrogens with one attached hydrogen (secondary N) is 1. The Labute approximate surface area is 190 Å². The highest BCUT2D eigenvalue weighted by atomic mass is 35.5. The van der Waals surface area contributed by atoms with Gasteiger partial charge in [-0.1, -0.05) is 66.2 Å². The first-order chi connectivity index (χ1) is 15.6. The number of fused-ring (bicyclic) bond motifs is 1. The summed E-state index contributed by atoms with van der Waals surface area (Å²) in [4.78, 5) is 7.92. The van der Waals surface area contributed by atoms with Gasteiger partial charge in [-0.05, 0) is 17.2 Å². The third-order valence-corrected chi connectivity index (χ3v) is 5.99. The lowest BCUT2D eigenvalue weighted by molar-refractivity contribution is -0.131. The van der Waals surface area contributed by atoms with Crippen molar-refractivity contribution in [3.63, 3.8) is 0 Å². The largest absolute Gasteiger partial charge is 0.473 e. The molecule has 3 unspecified atom stereocenters. The number of halogens is 1. The molecule has 0 bridgehead atoms. The van der Waals surface area contributed by atoms with E-state index in [0.29, 0.717) is 29.6 Å². The molecule has 6 nitrogen and oxygen atoms in total. The van der Waals surface area contributed by atoms with E-state index >= 15 is 0 Å². The first-order valence-corrected chi connectivity index (χ1v) is 10.9. The summed E-state index contributed by atoms with van der Waals surface area (Å²) >= 11 is 6.55. The van der Waals surface area contributed by atoms with Crippen molar-refractivity contribution in [2.75, 3.05) is 13.2 Å². The van der Waals surface area contributed by atoms with Crippen molar-refractivity contribution in [1.82, 2.24) is 9.97 Å². The quantitative estimate of drug-likeness (QED) is 0.418. The van der Waals surface area contributed by atoms with Crippen LogP contribution in [0.2, 0.25) is 5.02 Å². The summed E-state index contributed by atoms with van der Waals surface area (Å²) in [6.07, 6.45) is -1.26. The summed E-state index contributed by atoms with van der Waals surface area (Å²) in [5, 5.41) is 19.8. The molecule has 7 heteroatoms. The Morgan fingerprint density at radius 1 is 1.03 bits per heavy atom. The number of rotatable bonds is 5. The molecule has 2 aromatic heterocycles. The molecule has 1 saturated heterocycles. The number of nitrogens with zero attached hydrogens (tertiary/aromatic N) is 1. The van der Waals surface area contributed by atoms with Crippen molar-refractivity contribution in [3.05, 3.63) is 71.8 Å². The van der Waals surface area contributed by atoms with E-state index in [0.717, 1.165) is 27.7 Å². The molecule has 0 aliphatic carbocycles. The number of hydrogen-bond acceptors (Lipinski definition) is 5. The van der Waals surface area contributed by atoms with Crippen LogP contribution in [0.5, 0.6) is 5.88 Å². The van der Waals surface area contributed by atoms with Crippen LogP contribution in [0.3, 0.4) is 0 Å². The number of aliphatic hydroxyl groups is 2. The number of aromatic nitrogens is 2. The number of aliphatic hydroxyl groups excluding tert-OH is 2. The summed E-state index contributed by atoms with van der Waals surface area (Å²) in [5.41, 5.74) is 5.41. The average molecular weight is 451 g/mol. The molecular weight excluding hydrogens is 428 g/mol. The van der Waals surface area contributed by atoms with E-state index in [2.05, 4.69) is 29.2 Å². The second-order valence-electron chi connectivity index (χ2n) is 7.93. The average Bonchev–Trinajstić information content (AvgIpc) is 3.20. The highest BCUT2D eigenvalue weighted by molar-refractivity contribution is 6.33. The molecule has 3 heterocycles. The van der Waals surface area contributed by atoms with Crippen LogP contribution >= 0.6 is 11.6 Å². The Bertz CT molecular complexity index is 1210. The summed E-state index contributed by atoms with van der Waals surface area (Å²) in [6, 6.07) is 22.0. The standard InChI is InChI=1S/C25H23ClN2O4/c26-19-11-20-21(12-24(27-20)32-18-10-22(30)23(13-29)31-14-18)28-25(19)17-8-6-16(7-9-17)15-4-2-1-3-5-15/h1-9,11-12,18,22-23,27,29-30H,10,13-14H2. The number of aromatic amines is 1. The van der Waals surface area contributed by atoms with E-state index in [9.17, 15) is 10.2 Å². The lowest BCUT2D eigenvalue weighted by Crippen LogP contribution is -2.45. The Hall–Kier alpha value is -2.90. The van der Waals surface area contributed by atoms with Crippen LogP contribution in [-0.4, -0.2) is 51.7 Å². The van der Waals surface area contributed by atoms with Gasteiger partial charge in [0.25, 0.3) is 0 Å². The number of H-pyrrole nitrogens is 1. The molecular formula is C25H23ClN2O4. The third kappa shape index (κ3) is 4.23. The zero-order chi connectivity index (χ0) is 22.1. The van der Waals surface area contributed by atoms with Crippen LogP contribution in [0, 0.1) is 0 Å². The summed E-state index contributed by atoms with van der Waals surface area (Å²) in [6.45, 7) is 0.0860. The van der Waals surface area contributed by atoms with Gasteiger partial charge in [0.1, 0.15) is 12.2 Å². The van der Waals surface area contributed by atoms with Gasteiger partial charge in [0.05, 0.1) is 41.1 Å². The molecule has 0 radical (unpaired) electrons. The zero-order valence-corrected chi connectivity index (χ0v) is 18.0. The van der Waals surface area contributed by atoms with Gasteiger partial charge in [0, 0.05) is 18.1 Å². The summed E-state index contributed by atoms with van der Waals surface area (Å²) in [7, 11) is 0. The van der Waals surface area contributed by atoms with E-state index in [1.165, 1.54) is 0 Å². The van der Waals surface area contributed by atoms with E-state index in [4.69, 9.17) is 26.1 Å². The van der Waals surface area contributed by atoms with E-state index < -0.39 is 12.2 Å². The van der Waals surface area contributed by atoms with Crippen LogP contribution in [0.25, 0.3) is 33.4 Å². The number of pyridine rings is 1. The molecule has 3 N–H and O–H groups in total. The molecule has 0 saturated carbocycles. The molecule has 5 rings (SSSR count). The normalized spacial score (nSPS) is 21.0. The monoisotopic (exact) mass is 450 g/mol. The van der Waals surface area contributed by atoms with Crippen LogP contribution in [0.1, 0.15) is 6.42 Å². The Morgan fingerprint density at radius 3 is 2.47 bits per heavy atom. The summed E-state index contributed by atoms with van der Waals surface area (Å²) in [5.74, 6) is 0.531. The van der Waals surface area contributed by atoms with E-state index in [1.54, 1.807) is 0 Å². The van der Waals surface area contributed by atoms with Crippen molar-refractivity contribution >= 4 is 22.6 Å². The first-order valence-electron chi connectivity index (χ1n) is 10.5. The van der Waals surface area contributed by atoms with Gasteiger partial charge in [-0.15, -0.1) is 0 Å². The number of benzene rings is 2. The van der Waals surface area contributed by atoms with Gasteiger partial charge < -0.3 is 24.7 Å². The lowest BCUT2D eigenvalue weighted by Gasteiger charge is -2.32. The molecule has 1 aliphatic heterocycles. The predicted molar refractivity (Wildman–Crippen MR) is 124 cm³/mol. The fraction of sp³-hybridized carbons (Fsp3) is 0.240. The molecule has 1 fully saturated rings. The molecule has 3 atom stereocenters. The van der Waals surface area contributed by atoms with Gasteiger partial charge in [-0.25, -0.2) is 4.98 Å². The van der Waals surface area contributed by atoms with E-state index in [-0.39, 0.29) is 12.7 Å². The molecule has 32 heavy (non-hydrogen) atoms. The van der Waals surface area contributed by atoms with Crippen molar-refractivity contribution in [3.8, 4) is 28.3 Å². The predicted octanol–water partition coefficient (Wildman–Crippen LogP) is 4.44. The van der Waals surface area contributed by atoms with Crippen molar-refractivity contribution < 1.29 is 19.7 Å². The Balaban J connectivity index is 1.37. The van der Waals surface area contributed by atoms with Crippen LogP contribution in [-0.2, 0) is 4.74 Å². The molecule has 0 spiro atoms. The maximum Gasteiger partial charge on any atom is 0.193 e. The van der Waals surface area contributed by atoms with Gasteiger partial charge in [0.2, 0.25) is 0 Å². The van der Waals surface area contributed by atoms with Gasteiger partial charge in [-0.3, -0.25) is 0 Å². The molecule has 1 aliphatic rings. The molecule has 4 aromatic rings. The van der Waals surface area contributed by atoms with Gasteiger partial charge in [0.15, 0.2) is 5.88 Å². The van der Waals surface area contributed by atoms with E-state index in [1.807, 2.05) is 42.5 Å². The second-order valence-corrected chi connectivity index (χ2v) is 8.33. The lowest BCUT2D eigenvalue weighted by atomic mass is 10.0. The maximum atomic E-state index is 10.0. The minimum absolute atomic E-state index is 0.211. The van der Waals surface area contributed by atoms with Crippen LogP contribution in [0.15, 0.2) is 66.7 Å². The second kappa shape index (κ2) is 8.92. The summed E-state index contributed by atoms with van der Waals surface area (Å²) < 4.78 is 11.4. The minimum atomic E-state index is -0.763. The van der Waals surface area contributed by atoms with Gasteiger partial charge >= 0.3 is 0 Å². The maximum absolute atomic E-state index is 10.0. The third-order valence-electron chi connectivity index (χ3n) is 5.70. The molecule has 2 aromatic carbocycles. The Morgan fingerprint density at radius 2 is 1.75 bits per heavy atom. The topological polar surface area (TPSA) is 87.6 Å². The van der Waals surface area contributed by atoms with Crippen LogP contribution in [0.4, 0.5) is 0 Å². The first kappa shape index (κ1) is 21.0. The Kier molecular flexibility index (Phi) is 5.85. The SMILES string of the molecule is OCC1OCC(Oc2cc3nc(-c4ccc(-c5ccccc5)cc4)c(Cl)cc3[nH]2)CC1O. The fourth-order valence-electron chi connectivity index (χ4n) is 3.99. The molecule has 164 valence electrons. The fourth-order valence-corrected chi connectivity index (χ4v) is 4.25. The van der Waals surface area contributed by atoms with Gasteiger partial charge in [-0.2, -0.15) is 0 Å².